The van der Waals surface area contributed by atoms with Crippen LogP contribution in [0.3, 0.4) is 0 Å². The molecule has 0 fully saturated rings. The summed E-state index contributed by atoms with van der Waals surface area (Å²) < 4.78 is 5.02. The monoisotopic (exact) mass is 341 g/mol. The maximum atomic E-state index is 12.6. The lowest BCUT2D eigenvalue weighted by Crippen LogP contribution is -2.16. The van der Waals surface area contributed by atoms with E-state index < -0.39 is 5.97 Å². The van der Waals surface area contributed by atoms with E-state index in [9.17, 15) is 9.59 Å². The number of hydrogen-bond donors (Lipinski definition) is 3. The standard InChI is InChI=1S/C19H23N3O3/c1-4-21-16-9-7-13(19(24)25-5-2)10-17(16)22-18(23)15-11-14(20)8-6-12(15)3/h6-11,21H,4-5,20H2,1-3H3,(H,22,23). The first-order chi connectivity index (χ1) is 12.0. The average molecular weight is 341 g/mol. The number of hydrogen-bond acceptors (Lipinski definition) is 5. The van der Waals surface area contributed by atoms with Crippen molar-refractivity contribution in [3.8, 4) is 0 Å². The van der Waals surface area contributed by atoms with Crippen molar-refractivity contribution < 1.29 is 14.3 Å². The van der Waals surface area contributed by atoms with Crippen molar-refractivity contribution in [3.63, 3.8) is 0 Å². The van der Waals surface area contributed by atoms with Gasteiger partial charge in [-0.2, -0.15) is 0 Å². The van der Waals surface area contributed by atoms with Gasteiger partial charge in [-0.15, -0.1) is 0 Å². The molecule has 0 aliphatic rings. The molecule has 0 atom stereocenters. The van der Waals surface area contributed by atoms with Crippen molar-refractivity contribution in [2.45, 2.75) is 20.8 Å². The Morgan fingerprint density at radius 2 is 1.84 bits per heavy atom. The third kappa shape index (κ3) is 4.50. The van der Waals surface area contributed by atoms with Gasteiger partial charge in [0, 0.05) is 17.8 Å². The molecule has 0 aromatic heterocycles. The molecule has 2 aromatic carbocycles. The van der Waals surface area contributed by atoms with Crippen LogP contribution in [0, 0.1) is 6.92 Å². The van der Waals surface area contributed by atoms with Crippen molar-refractivity contribution in [2.24, 2.45) is 0 Å². The van der Waals surface area contributed by atoms with Crippen molar-refractivity contribution >= 4 is 28.9 Å². The Labute approximate surface area is 147 Å². The number of carbonyl (C=O) groups is 2. The molecule has 0 radical (unpaired) electrons. The molecule has 132 valence electrons. The first-order valence-corrected chi connectivity index (χ1v) is 8.18. The van der Waals surface area contributed by atoms with E-state index in [4.69, 9.17) is 10.5 Å². The average Bonchev–Trinajstić information content (AvgIpc) is 2.58. The highest BCUT2D eigenvalue weighted by molar-refractivity contribution is 6.08. The molecule has 0 saturated carbocycles. The molecule has 0 unspecified atom stereocenters. The van der Waals surface area contributed by atoms with Crippen LogP contribution in [-0.4, -0.2) is 25.0 Å². The van der Waals surface area contributed by atoms with Gasteiger partial charge in [0.25, 0.3) is 5.91 Å². The number of nitrogen functional groups attached to an aromatic ring is 1. The number of esters is 1. The van der Waals surface area contributed by atoms with E-state index in [2.05, 4.69) is 10.6 Å². The number of nitrogens with one attached hydrogen (secondary N) is 2. The van der Waals surface area contributed by atoms with Gasteiger partial charge in [-0.3, -0.25) is 4.79 Å². The highest BCUT2D eigenvalue weighted by Gasteiger charge is 2.15. The van der Waals surface area contributed by atoms with Crippen LogP contribution in [0.1, 0.15) is 40.1 Å². The minimum atomic E-state index is -0.429. The van der Waals surface area contributed by atoms with Gasteiger partial charge >= 0.3 is 5.97 Å². The number of ether oxygens (including phenoxy) is 1. The Balaban J connectivity index is 2.35. The fourth-order valence-corrected chi connectivity index (χ4v) is 2.41. The Bertz CT molecular complexity index is 787. The van der Waals surface area contributed by atoms with E-state index >= 15 is 0 Å². The summed E-state index contributed by atoms with van der Waals surface area (Å²) in [6, 6.07) is 10.2. The zero-order chi connectivity index (χ0) is 18.4. The Hall–Kier alpha value is -3.02. The second kappa shape index (κ2) is 8.19. The fourth-order valence-electron chi connectivity index (χ4n) is 2.41. The summed E-state index contributed by atoms with van der Waals surface area (Å²) in [5.41, 5.74) is 9.22. The third-order valence-corrected chi connectivity index (χ3v) is 3.65. The minimum Gasteiger partial charge on any atom is -0.462 e. The first kappa shape index (κ1) is 18.3. The summed E-state index contributed by atoms with van der Waals surface area (Å²) in [5.74, 6) is -0.717. The van der Waals surface area contributed by atoms with Crippen LogP contribution in [0.25, 0.3) is 0 Å². The SMILES string of the molecule is CCNc1ccc(C(=O)OCC)cc1NC(=O)c1cc(N)ccc1C. The van der Waals surface area contributed by atoms with E-state index in [1.54, 1.807) is 43.3 Å². The lowest BCUT2D eigenvalue weighted by atomic mass is 10.1. The summed E-state index contributed by atoms with van der Waals surface area (Å²) in [6.45, 7) is 6.51. The van der Waals surface area contributed by atoms with Crippen LogP contribution < -0.4 is 16.4 Å². The molecule has 6 nitrogen and oxygen atoms in total. The van der Waals surface area contributed by atoms with Gasteiger partial charge in [-0.1, -0.05) is 6.07 Å². The number of anilines is 3. The van der Waals surface area contributed by atoms with Crippen LogP contribution in [0.15, 0.2) is 36.4 Å². The molecule has 6 heteroatoms. The second-order valence-corrected chi connectivity index (χ2v) is 5.54. The lowest BCUT2D eigenvalue weighted by Gasteiger charge is -2.14. The quantitative estimate of drug-likeness (QED) is 0.553. The van der Waals surface area contributed by atoms with Crippen molar-refractivity contribution in [3.05, 3.63) is 53.1 Å². The van der Waals surface area contributed by atoms with E-state index in [1.807, 2.05) is 13.8 Å². The zero-order valence-electron chi connectivity index (χ0n) is 14.7. The van der Waals surface area contributed by atoms with Crippen LogP contribution in [0.2, 0.25) is 0 Å². The number of nitrogens with two attached hydrogens (primary N) is 1. The van der Waals surface area contributed by atoms with Gasteiger partial charge in [0.15, 0.2) is 0 Å². The van der Waals surface area contributed by atoms with Crippen LogP contribution >= 0.6 is 0 Å². The minimum absolute atomic E-state index is 0.287. The Morgan fingerprint density at radius 1 is 1.08 bits per heavy atom. The molecular formula is C19H23N3O3. The maximum Gasteiger partial charge on any atom is 0.338 e. The van der Waals surface area contributed by atoms with E-state index in [0.717, 1.165) is 11.3 Å². The first-order valence-electron chi connectivity index (χ1n) is 8.18. The Kier molecular flexibility index (Phi) is 6.00. The van der Waals surface area contributed by atoms with Crippen LogP contribution in [0.5, 0.6) is 0 Å². The summed E-state index contributed by atoms with van der Waals surface area (Å²) in [4.78, 5) is 24.6. The van der Waals surface area contributed by atoms with Crippen molar-refractivity contribution in [1.29, 1.82) is 0 Å². The number of carbonyl (C=O) groups excluding carboxylic acids is 2. The molecule has 1 amide bonds. The number of amides is 1. The van der Waals surface area contributed by atoms with E-state index in [-0.39, 0.29) is 12.5 Å². The molecular weight excluding hydrogens is 318 g/mol. The predicted molar refractivity (Wildman–Crippen MR) is 100 cm³/mol. The topological polar surface area (TPSA) is 93.5 Å². The molecule has 0 aliphatic heterocycles. The molecule has 2 aromatic rings. The van der Waals surface area contributed by atoms with Crippen LogP contribution in [-0.2, 0) is 4.74 Å². The molecule has 0 bridgehead atoms. The zero-order valence-corrected chi connectivity index (χ0v) is 14.7. The number of benzene rings is 2. The van der Waals surface area contributed by atoms with E-state index in [0.29, 0.717) is 29.0 Å². The highest BCUT2D eigenvalue weighted by atomic mass is 16.5. The molecule has 2 rings (SSSR count). The molecule has 0 saturated heterocycles. The van der Waals surface area contributed by atoms with Gasteiger partial charge in [-0.05, 0) is 56.7 Å². The third-order valence-electron chi connectivity index (χ3n) is 3.65. The number of aryl methyl sites for hydroxylation is 1. The number of rotatable bonds is 6. The van der Waals surface area contributed by atoms with Gasteiger partial charge < -0.3 is 21.1 Å². The normalized spacial score (nSPS) is 10.2. The summed E-state index contributed by atoms with van der Waals surface area (Å²) in [7, 11) is 0. The Morgan fingerprint density at radius 3 is 2.52 bits per heavy atom. The lowest BCUT2D eigenvalue weighted by molar-refractivity contribution is 0.0526. The summed E-state index contributed by atoms with van der Waals surface area (Å²) in [6.07, 6.45) is 0. The van der Waals surface area contributed by atoms with Crippen molar-refractivity contribution in [2.75, 3.05) is 29.5 Å². The fraction of sp³-hybridized carbons (Fsp3) is 0.263. The summed E-state index contributed by atoms with van der Waals surface area (Å²) in [5, 5.41) is 6.02. The van der Waals surface area contributed by atoms with Crippen LogP contribution in [0.4, 0.5) is 17.1 Å². The molecule has 4 N–H and O–H groups in total. The largest absolute Gasteiger partial charge is 0.462 e. The molecule has 0 spiro atoms. The molecule has 25 heavy (non-hydrogen) atoms. The maximum absolute atomic E-state index is 12.6. The molecule has 0 heterocycles. The van der Waals surface area contributed by atoms with Crippen molar-refractivity contribution in [1.82, 2.24) is 0 Å². The van der Waals surface area contributed by atoms with Gasteiger partial charge in [0.1, 0.15) is 0 Å². The summed E-state index contributed by atoms with van der Waals surface area (Å²) >= 11 is 0. The van der Waals surface area contributed by atoms with Gasteiger partial charge in [-0.25, -0.2) is 4.79 Å². The molecule has 0 aliphatic carbocycles. The van der Waals surface area contributed by atoms with Gasteiger partial charge in [0.2, 0.25) is 0 Å². The van der Waals surface area contributed by atoms with E-state index in [1.165, 1.54) is 0 Å². The predicted octanol–water partition coefficient (Wildman–Crippen LogP) is 3.44. The second-order valence-electron chi connectivity index (χ2n) is 5.54. The highest BCUT2D eigenvalue weighted by Crippen LogP contribution is 2.25. The van der Waals surface area contributed by atoms with Gasteiger partial charge in [0.05, 0.1) is 23.5 Å². The smallest absolute Gasteiger partial charge is 0.338 e.